The molecule has 1 aromatic heterocycles. The molecule has 1 aliphatic heterocycles. The molecule has 0 radical (unpaired) electrons. The highest BCUT2D eigenvalue weighted by Crippen LogP contribution is 2.63. The first kappa shape index (κ1) is 24.9. The third-order valence-electron chi connectivity index (χ3n) is 10.6. The molecule has 0 N–H and O–H groups in total. The molecule has 6 aromatic carbocycles. The summed E-state index contributed by atoms with van der Waals surface area (Å²) < 4.78 is 6.66. The van der Waals surface area contributed by atoms with E-state index in [2.05, 4.69) is 146 Å². The molecule has 212 valence electrons. The number of aromatic nitrogens is 1. The SMILES string of the molecule is CC1(C)c2ccccc2-c2ccc(-c3ccc4c(c3)C3(c5ccncc5O4)c4ccccc4-c4c3ccc3ccccc43)cc21. The molecule has 2 heteroatoms. The predicted octanol–water partition coefficient (Wildman–Crippen LogP) is 10.7. The Bertz CT molecular complexity index is 2400. The van der Waals surface area contributed by atoms with Gasteiger partial charge in [0.25, 0.3) is 0 Å². The van der Waals surface area contributed by atoms with Crippen molar-refractivity contribution in [2.45, 2.75) is 24.7 Å². The lowest BCUT2D eigenvalue weighted by atomic mass is 9.66. The van der Waals surface area contributed by atoms with Crippen LogP contribution in [0.1, 0.15) is 47.2 Å². The van der Waals surface area contributed by atoms with Gasteiger partial charge in [-0.05, 0) is 90.7 Å². The minimum atomic E-state index is -0.538. The Kier molecular flexibility index (Phi) is 4.75. The highest BCUT2D eigenvalue weighted by molar-refractivity contribution is 6.04. The third kappa shape index (κ3) is 3.06. The summed E-state index contributed by atoms with van der Waals surface area (Å²) in [5, 5.41) is 2.53. The van der Waals surface area contributed by atoms with Gasteiger partial charge in [0.2, 0.25) is 0 Å². The second-order valence-corrected chi connectivity index (χ2v) is 13.1. The summed E-state index contributed by atoms with van der Waals surface area (Å²) >= 11 is 0. The first-order valence-corrected chi connectivity index (χ1v) is 15.7. The van der Waals surface area contributed by atoms with Gasteiger partial charge in [0.15, 0.2) is 5.75 Å². The molecule has 45 heavy (non-hydrogen) atoms. The molecule has 7 aromatic rings. The van der Waals surface area contributed by atoms with Crippen LogP contribution in [0.5, 0.6) is 11.5 Å². The van der Waals surface area contributed by atoms with E-state index < -0.39 is 5.41 Å². The van der Waals surface area contributed by atoms with Gasteiger partial charge in [-0.2, -0.15) is 0 Å². The fraction of sp³-hybridized carbons (Fsp3) is 0.0930. The lowest BCUT2D eigenvalue weighted by Crippen LogP contribution is -2.32. The monoisotopic (exact) mass is 575 g/mol. The van der Waals surface area contributed by atoms with E-state index in [1.165, 1.54) is 72.0 Å². The first-order valence-electron chi connectivity index (χ1n) is 15.7. The maximum Gasteiger partial charge on any atom is 0.150 e. The quantitative estimate of drug-likeness (QED) is 0.194. The van der Waals surface area contributed by atoms with Gasteiger partial charge in [-0.3, -0.25) is 4.98 Å². The van der Waals surface area contributed by atoms with Gasteiger partial charge in [-0.25, -0.2) is 0 Å². The van der Waals surface area contributed by atoms with Crippen LogP contribution in [0, 0.1) is 0 Å². The van der Waals surface area contributed by atoms with E-state index in [-0.39, 0.29) is 5.41 Å². The zero-order chi connectivity index (χ0) is 29.9. The van der Waals surface area contributed by atoms with Crippen LogP contribution in [0.15, 0.2) is 140 Å². The van der Waals surface area contributed by atoms with Crippen molar-refractivity contribution in [1.29, 1.82) is 0 Å². The number of nitrogens with zero attached hydrogens (tertiary/aromatic N) is 1. The van der Waals surface area contributed by atoms with Gasteiger partial charge < -0.3 is 4.74 Å². The van der Waals surface area contributed by atoms with Gasteiger partial charge >= 0.3 is 0 Å². The largest absolute Gasteiger partial charge is 0.455 e. The van der Waals surface area contributed by atoms with Gasteiger partial charge in [-0.1, -0.05) is 117 Å². The Morgan fingerprint density at radius 2 is 1.22 bits per heavy atom. The molecule has 1 atom stereocenters. The van der Waals surface area contributed by atoms with Gasteiger partial charge in [0.05, 0.1) is 11.6 Å². The summed E-state index contributed by atoms with van der Waals surface area (Å²) in [6.45, 7) is 4.69. The standard InChI is InChI=1S/C43H29NO/c1-42(2)33-13-7-5-11-30(33)31-18-15-27(23-37(31)42)28-17-20-39-38(24-28)43(35-21-22-44-25-40(35)45-39)34-14-8-6-12-32(34)41-29-10-4-3-9-26(29)16-19-36(41)43/h3-25H,1-2H3. The van der Waals surface area contributed by atoms with E-state index in [0.717, 1.165) is 17.1 Å². The van der Waals surface area contributed by atoms with Gasteiger partial charge in [-0.15, -0.1) is 0 Å². The third-order valence-corrected chi connectivity index (χ3v) is 10.6. The van der Waals surface area contributed by atoms with Crippen molar-refractivity contribution in [2.24, 2.45) is 0 Å². The average Bonchev–Trinajstić information content (AvgIpc) is 3.51. The topological polar surface area (TPSA) is 22.1 Å². The average molecular weight is 576 g/mol. The van der Waals surface area contributed by atoms with E-state index >= 15 is 0 Å². The second-order valence-electron chi connectivity index (χ2n) is 13.1. The predicted molar refractivity (Wildman–Crippen MR) is 182 cm³/mol. The number of hydrogen-bond donors (Lipinski definition) is 0. The van der Waals surface area contributed by atoms with Crippen molar-refractivity contribution in [1.82, 2.24) is 4.98 Å². The lowest BCUT2D eigenvalue weighted by molar-refractivity contribution is 0.434. The summed E-state index contributed by atoms with van der Waals surface area (Å²) in [6, 6.07) is 47.1. The number of benzene rings is 6. The fourth-order valence-electron chi connectivity index (χ4n) is 8.64. The van der Waals surface area contributed by atoms with Crippen LogP contribution in [0.4, 0.5) is 0 Å². The van der Waals surface area contributed by atoms with Crippen molar-refractivity contribution in [3.63, 3.8) is 0 Å². The van der Waals surface area contributed by atoms with E-state index in [0.29, 0.717) is 0 Å². The Balaban J connectivity index is 1.26. The van der Waals surface area contributed by atoms with Crippen LogP contribution in [-0.4, -0.2) is 4.98 Å². The Labute approximate surface area is 262 Å². The minimum absolute atomic E-state index is 0.0587. The van der Waals surface area contributed by atoms with E-state index in [9.17, 15) is 0 Å². The molecule has 0 bridgehead atoms. The van der Waals surface area contributed by atoms with Crippen LogP contribution in [0.3, 0.4) is 0 Å². The van der Waals surface area contributed by atoms with Crippen molar-refractivity contribution >= 4 is 10.8 Å². The second kappa shape index (κ2) is 8.58. The number of hydrogen-bond acceptors (Lipinski definition) is 2. The van der Waals surface area contributed by atoms with Gasteiger partial charge in [0.1, 0.15) is 5.75 Å². The summed E-state index contributed by atoms with van der Waals surface area (Å²) in [5.41, 5.74) is 14.7. The molecule has 0 saturated heterocycles. The summed E-state index contributed by atoms with van der Waals surface area (Å²) in [4.78, 5) is 4.49. The normalized spacial score (nSPS) is 17.6. The molecule has 1 unspecified atom stereocenters. The van der Waals surface area contributed by atoms with Crippen molar-refractivity contribution in [2.75, 3.05) is 0 Å². The minimum Gasteiger partial charge on any atom is -0.455 e. The molecule has 1 spiro atoms. The summed E-state index contributed by atoms with van der Waals surface area (Å²) in [6.07, 6.45) is 3.77. The van der Waals surface area contributed by atoms with Crippen molar-refractivity contribution in [3.05, 3.63) is 173 Å². The molecule has 0 saturated carbocycles. The van der Waals surface area contributed by atoms with Crippen LogP contribution in [0.2, 0.25) is 0 Å². The molecule has 2 nitrogen and oxygen atoms in total. The smallest absolute Gasteiger partial charge is 0.150 e. The maximum absolute atomic E-state index is 6.66. The van der Waals surface area contributed by atoms with E-state index in [4.69, 9.17) is 4.74 Å². The number of fused-ring (bicyclic) bond motifs is 14. The zero-order valence-electron chi connectivity index (χ0n) is 25.1. The molecular weight excluding hydrogens is 546 g/mol. The van der Waals surface area contributed by atoms with Crippen molar-refractivity contribution < 1.29 is 4.74 Å². The Morgan fingerprint density at radius 1 is 0.511 bits per heavy atom. The van der Waals surface area contributed by atoms with Crippen molar-refractivity contribution in [3.8, 4) is 44.9 Å². The maximum atomic E-state index is 6.66. The van der Waals surface area contributed by atoms with Crippen LogP contribution in [0.25, 0.3) is 44.2 Å². The molecule has 10 rings (SSSR count). The molecule has 2 heterocycles. The molecule has 0 fully saturated rings. The highest BCUT2D eigenvalue weighted by Gasteiger charge is 2.51. The zero-order valence-corrected chi connectivity index (χ0v) is 25.1. The van der Waals surface area contributed by atoms with E-state index in [1.807, 2.05) is 12.4 Å². The van der Waals surface area contributed by atoms with E-state index in [1.54, 1.807) is 0 Å². The number of rotatable bonds is 1. The Morgan fingerprint density at radius 3 is 2.11 bits per heavy atom. The Hall–Kier alpha value is -5.47. The van der Waals surface area contributed by atoms with Crippen LogP contribution in [-0.2, 0) is 10.8 Å². The fourth-order valence-corrected chi connectivity index (χ4v) is 8.64. The highest BCUT2D eigenvalue weighted by atomic mass is 16.5. The first-order chi connectivity index (χ1) is 22.1. The number of ether oxygens (including phenoxy) is 1. The molecular formula is C43H29NO. The van der Waals surface area contributed by atoms with Crippen LogP contribution >= 0.6 is 0 Å². The van der Waals surface area contributed by atoms with Gasteiger partial charge in [0, 0.05) is 22.7 Å². The summed E-state index contributed by atoms with van der Waals surface area (Å²) in [7, 11) is 0. The molecule has 0 amide bonds. The summed E-state index contributed by atoms with van der Waals surface area (Å²) in [5.74, 6) is 1.69. The molecule has 2 aliphatic carbocycles. The number of pyridine rings is 1. The lowest BCUT2D eigenvalue weighted by Gasteiger charge is -2.39. The van der Waals surface area contributed by atoms with Crippen LogP contribution < -0.4 is 4.74 Å². The molecule has 3 aliphatic rings.